The number of aliphatic imine (C=N–C) groups is 3. The van der Waals surface area contributed by atoms with Gasteiger partial charge >= 0.3 is 0 Å². The van der Waals surface area contributed by atoms with E-state index in [9.17, 15) is 0 Å². The molecule has 0 aliphatic rings. The van der Waals surface area contributed by atoms with Gasteiger partial charge in [-0.3, -0.25) is 15.3 Å². The molecule has 0 aromatic carbocycles. The Morgan fingerprint density at radius 1 is 0.958 bits per heavy atom. The van der Waals surface area contributed by atoms with Crippen molar-refractivity contribution < 1.29 is 0 Å². The van der Waals surface area contributed by atoms with Crippen LogP contribution in [0.15, 0.2) is 15.0 Å². The number of nitrogens with two attached hydrogens (primary N) is 1. The highest BCUT2D eigenvalue weighted by Crippen LogP contribution is 2.08. The molecule has 0 fully saturated rings. The normalized spacial score (nSPS) is 14.2. The Hall–Kier alpha value is -1.47. The molecular weight excluding hydrogens is 302 g/mol. The van der Waals surface area contributed by atoms with Crippen LogP contribution in [0.5, 0.6) is 0 Å². The standard InChI is InChI=1S/C17H37N7/c1-17(2,3)14-21-16(20-11-9-13-24(6)7)22-15(18)19-10-8-12-23(4)5/h14H,8-13H2,1-7H3,(H3,18,19,20,22)/b21-14+. The number of nitrogens with zero attached hydrogens (tertiary/aromatic N) is 5. The van der Waals surface area contributed by atoms with Crippen molar-refractivity contribution in [3.63, 3.8) is 0 Å². The quantitative estimate of drug-likeness (QED) is 0.396. The van der Waals surface area contributed by atoms with Crippen molar-refractivity contribution in [2.24, 2.45) is 26.1 Å². The van der Waals surface area contributed by atoms with Crippen molar-refractivity contribution in [3.8, 4) is 0 Å². The van der Waals surface area contributed by atoms with Crippen molar-refractivity contribution >= 4 is 18.1 Å². The molecule has 0 saturated heterocycles. The minimum atomic E-state index is -0.0102. The maximum Gasteiger partial charge on any atom is 0.224 e. The van der Waals surface area contributed by atoms with Gasteiger partial charge in [-0.1, -0.05) is 20.8 Å². The van der Waals surface area contributed by atoms with Crippen LogP contribution in [0.1, 0.15) is 33.6 Å². The molecule has 0 radical (unpaired) electrons. The van der Waals surface area contributed by atoms with Crippen LogP contribution in [-0.2, 0) is 0 Å². The van der Waals surface area contributed by atoms with E-state index in [2.05, 4.69) is 65.0 Å². The van der Waals surface area contributed by atoms with Gasteiger partial charge in [0.1, 0.15) is 0 Å². The number of guanidine groups is 2. The minimum Gasteiger partial charge on any atom is -0.370 e. The number of nitrogens with one attached hydrogen (secondary N) is 1. The number of hydrogen-bond acceptors (Lipinski definition) is 4. The first-order valence-electron chi connectivity index (χ1n) is 8.56. The summed E-state index contributed by atoms with van der Waals surface area (Å²) in [5.41, 5.74) is 5.94. The van der Waals surface area contributed by atoms with E-state index in [1.807, 2.05) is 20.3 Å². The Morgan fingerprint density at radius 2 is 1.46 bits per heavy atom. The summed E-state index contributed by atoms with van der Waals surface area (Å²) in [5, 5.41) is 3.02. The molecule has 0 amide bonds. The summed E-state index contributed by atoms with van der Waals surface area (Å²) < 4.78 is 0. The molecule has 0 aromatic rings. The lowest BCUT2D eigenvalue weighted by Crippen LogP contribution is -2.37. The highest BCUT2D eigenvalue weighted by atomic mass is 15.2. The second-order valence-electron chi connectivity index (χ2n) is 7.54. The molecule has 7 nitrogen and oxygen atoms in total. The van der Waals surface area contributed by atoms with E-state index in [1.165, 1.54) is 0 Å². The van der Waals surface area contributed by atoms with Gasteiger partial charge in [-0.15, -0.1) is 0 Å². The zero-order valence-corrected chi connectivity index (χ0v) is 16.6. The average molecular weight is 340 g/mol. The molecule has 0 atom stereocenters. The van der Waals surface area contributed by atoms with Gasteiger partial charge in [0.05, 0.1) is 0 Å². The summed E-state index contributed by atoms with van der Waals surface area (Å²) in [6.07, 6.45) is 3.82. The monoisotopic (exact) mass is 339 g/mol. The van der Waals surface area contributed by atoms with Crippen LogP contribution >= 0.6 is 0 Å². The van der Waals surface area contributed by atoms with Crippen molar-refractivity contribution in [1.29, 1.82) is 0 Å². The first kappa shape index (κ1) is 22.5. The zero-order chi connectivity index (χ0) is 18.6. The summed E-state index contributed by atoms with van der Waals surface area (Å²) >= 11 is 0. The van der Waals surface area contributed by atoms with Crippen molar-refractivity contribution in [2.75, 3.05) is 54.4 Å². The molecule has 7 heteroatoms. The van der Waals surface area contributed by atoms with E-state index in [-0.39, 0.29) is 5.41 Å². The van der Waals surface area contributed by atoms with E-state index >= 15 is 0 Å². The van der Waals surface area contributed by atoms with Gasteiger partial charge in [0.25, 0.3) is 0 Å². The maximum absolute atomic E-state index is 5.95. The molecule has 0 bridgehead atoms. The largest absolute Gasteiger partial charge is 0.370 e. The van der Waals surface area contributed by atoms with Crippen LogP contribution in [0, 0.1) is 5.41 Å². The highest BCUT2D eigenvalue weighted by Gasteiger charge is 2.07. The fraction of sp³-hybridized carbons (Fsp3) is 0.824. The predicted molar refractivity (Wildman–Crippen MR) is 106 cm³/mol. The van der Waals surface area contributed by atoms with Gasteiger partial charge in [0.2, 0.25) is 5.96 Å². The van der Waals surface area contributed by atoms with Crippen molar-refractivity contribution in [1.82, 2.24) is 15.1 Å². The van der Waals surface area contributed by atoms with Gasteiger partial charge < -0.3 is 15.5 Å². The lowest BCUT2D eigenvalue weighted by atomic mass is 9.99. The van der Waals surface area contributed by atoms with Gasteiger partial charge in [0, 0.05) is 19.3 Å². The molecule has 0 saturated carbocycles. The maximum atomic E-state index is 5.95. The van der Waals surface area contributed by atoms with E-state index in [0.29, 0.717) is 25.0 Å². The van der Waals surface area contributed by atoms with E-state index in [0.717, 1.165) is 25.9 Å². The molecule has 0 aliphatic heterocycles. The molecule has 0 aromatic heterocycles. The molecule has 140 valence electrons. The van der Waals surface area contributed by atoms with Gasteiger partial charge in [-0.2, -0.15) is 0 Å². The predicted octanol–water partition coefficient (Wildman–Crippen LogP) is 1.27. The van der Waals surface area contributed by atoms with Crippen LogP contribution < -0.4 is 11.1 Å². The average Bonchev–Trinajstić information content (AvgIpc) is 2.44. The Bertz CT molecular complexity index is 417. The topological polar surface area (TPSA) is 81.6 Å². The number of rotatable bonds is 8. The van der Waals surface area contributed by atoms with E-state index in [4.69, 9.17) is 5.73 Å². The minimum absolute atomic E-state index is 0.0102. The number of hydrogen-bond donors (Lipinski definition) is 2. The van der Waals surface area contributed by atoms with Gasteiger partial charge in [-0.25, -0.2) is 4.99 Å². The third-order valence-electron chi connectivity index (χ3n) is 2.88. The first-order valence-corrected chi connectivity index (χ1v) is 8.56. The van der Waals surface area contributed by atoms with Crippen molar-refractivity contribution in [2.45, 2.75) is 33.6 Å². The molecule has 0 aliphatic carbocycles. The van der Waals surface area contributed by atoms with Crippen LogP contribution in [0.25, 0.3) is 0 Å². The fourth-order valence-corrected chi connectivity index (χ4v) is 1.68. The second-order valence-corrected chi connectivity index (χ2v) is 7.54. The van der Waals surface area contributed by atoms with Gasteiger partial charge in [-0.05, 0) is 59.5 Å². The fourth-order valence-electron chi connectivity index (χ4n) is 1.68. The van der Waals surface area contributed by atoms with E-state index in [1.54, 1.807) is 0 Å². The van der Waals surface area contributed by atoms with Crippen LogP contribution in [0.4, 0.5) is 0 Å². The molecule has 3 N–H and O–H groups in total. The summed E-state index contributed by atoms with van der Waals surface area (Å²) in [6, 6.07) is 0. The third-order valence-corrected chi connectivity index (χ3v) is 2.88. The smallest absolute Gasteiger partial charge is 0.224 e. The van der Waals surface area contributed by atoms with E-state index < -0.39 is 0 Å². The molecule has 0 rings (SSSR count). The van der Waals surface area contributed by atoms with Gasteiger partial charge in [0.15, 0.2) is 5.96 Å². The van der Waals surface area contributed by atoms with Crippen LogP contribution in [0.2, 0.25) is 0 Å². The SMILES string of the molecule is CN(C)CCCN=C(N)NC(=NCCCN(C)C)/N=C/C(C)(C)C. The second kappa shape index (κ2) is 12.0. The Labute approximate surface area is 148 Å². The van der Waals surface area contributed by atoms with Crippen molar-refractivity contribution in [3.05, 3.63) is 0 Å². The zero-order valence-electron chi connectivity index (χ0n) is 16.6. The highest BCUT2D eigenvalue weighted by molar-refractivity contribution is 6.01. The third kappa shape index (κ3) is 15.4. The molecule has 0 unspecified atom stereocenters. The Balaban J connectivity index is 4.64. The molecule has 0 spiro atoms. The molecule has 24 heavy (non-hydrogen) atoms. The lowest BCUT2D eigenvalue weighted by Gasteiger charge is -2.12. The van der Waals surface area contributed by atoms with Crippen LogP contribution in [0.3, 0.4) is 0 Å². The summed E-state index contributed by atoms with van der Waals surface area (Å²) in [7, 11) is 8.20. The summed E-state index contributed by atoms with van der Waals surface area (Å²) in [5.74, 6) is 0.892. The first-order chi connectivity index (χ1) is 11.1. The Morgan fingerprint density at radius 3 is 1.92 bits per heavy atom. The Kier molecular flexibility index (Phi) is 11.2. The summed E-state index contributed by atoms with van der Waals surface area (Å²) in [6.45, 7) is 9.67. The van der Waals surface area contributed by atoms with Crippen LogP contribution in [-0.4, -0.2) is 82.3 Å². The lowest BCUT2D eigenvalue weighted by molar-refractivity contribution is 0.403. The molecular formula is C17H37N7. The molecule has 0 heterocycles. The summed E-state index contributed by atoms with van der Waals surface area (Å²) in [4.78, 5) is 17.5.